The first-order valence-corrected chi connectivity index (χ1v) is 9.17. The van der Waals surface area contributed by atoms with Gasteiger partial charge >= 0.3 is 0 Å². The second-order valence-corrected chi connectivity index (χ2v) is 5.97. The molecule has 3 N–H and O–H groups in total. The summed E-state index contributed by atoms with van der Waals surface area (Å²) >= 11 is 0. The molecule has 0 saturated carbocycles. The van der Waals surface area contributed by atoms with Crippen molar-refractivity contribution < 1.29 is 4.39 Å². The lowest BCUT2D eigenvalue weighted by Gasteiger charge is -2.17. The van der Waals surface area contributed by atoms with Gasteiger partial charge in [-0.15, -0.1) is 0 Å². The topological polar surface area (TPSA) is 55.5 Å². The zero-order valence-electron chi connectivity index (χ0n) is 15.5. The van der Waals surface area contributed by atoms with Crippen LogP contribution in [0.1, 0.15) is 26.3 Å². The third kappa shape index (κ3) is 5.74. The van der Waals surface area contributed by atoms with Crippen molar-refractivity contribution in [2.24, 2.45) is 4.99 Å². The van der Waals surface area contributed by atoms with Crippen LogP contribution in [-0.2, 0) is 6.42 Å². The van der Waals surface area contributed by atoms with E-state index in [1.807, 2.05) is 6.20 Å². The van der Waals surface area contributed by atoms with Crippen LogP contribution in [0.5, 0.6) is 0 Å². The van der Waals surface area contributed by atoms with Gasteiger partial charge in [0.05, 0.1) is 6.54 Å². The van der Waals surface area contributed by atoms with Crippen LogP contribution in [0.4, 0.5) is 4.39 Å². The van der Waals surface area contributed by atoms with Gasteiger partial charge in [0.25, 0.3) is 0 Å². The number of aromatic nitrogens is 1. The first-order chi connectivity index (χ1) is 12.2. The molecular weight excluding hydrogens is 317 g/mol. The van der Waals surface area contributed by atoms with Gasteiger partial charge in [-0.1, -0.05) is 13.8 Å². The number of guanidine groups is 1. The van der Waals surface area contributed by atoms with Crippen molar-refractivity contribution in [3.05, 3.63) is 35.8 Å². The monoisotopic (exact) mass is 347 g/mol. The van der Waals surface area contributed by atoms with Gasteiger partial charge in [0.1, 0.15) is 5.82 Å². The van der Waals surface area contributed by atoms with Gasteiger partial charge in [0.2, 0.25) is 0 Å². The zero-order valence-corrected chi connectivity index (χ0v) is 15.5. The number of fused-ring (bicyclic) bond motifs is 1. The van der Waals surface area contributed by atoms with Crippen molar-refractivity contribution in [3.63, 3.8) is 0 Å². The SMILES string of the molecule is CCNC(=NCCN(CC)CC)NCCc1c[nH]c2ccc(F)cc12. The van der Waals surface area contributed by atoms with Crippen LogP contribution in [0, 0.1) is 5.82 Å². The Hall–Kier alpha value is -2.08. The highest BCUT2D eigenvalue weighted by Crippen LogP contribution is 2.19. The Kier molecular flexibility index (Phi) is 7.73. The summed E-state index contributed by atoms with van der Waals surface area (Å²) in [6.07, 6.45) is 2.76. The summed E-state index contributed by atoms with van der Waals surface area (Å²) in [5.41, 5.74) is 2.08. The summed E-state index contributed by atoms with van der Waals surface area (Å²) in [5, 5.41) is 7.58. The highest BCUT2D eigenvalue weighted by Gasteiger charge is 2.05. The van der Waals surface area contributed by atoms with E-state index in [2.05, 4.69) is 46.3 Å². The molecule has 0 atom stereocenters. The summed E-state index contributed by atoms with van der Waals surface area (Å²) in [7, 11) is 0. The average molecular weight is 347 g/mol. The van der Waals surface area contributed by atoms with Crippen LogP contribution < -0.4 is 10.6 Å². The molecule has 0 amide bonds. The van der Waals surface area contributed by atoms with E-state index in [1.165, 1.54) is 6.07 Å². The van der Waals surface area contributed by atoms with Crippen molar-refractivity contribution in [1.82, 2.24) is 20.5 Å². The first kappa shape index (κ1) is 19.2. The Morgan fingerprint density at radius 3 is 2.72 bits per heavy atom. The number of halogens is 1. The fourth-order valence-corrected chi connectivity index (χ4v) is 2.86. The Morgan fingerprint density at radius 1 is 1.20 bits per heavy atom. The molecule has 0 aliphatic heterocycles. The molecule has 0 bridgehead atoms. The lowest BCUT2D eigenvalue weighted by Crippen LogP contribution is -2.39. The van der Waals surface area contributed by atoms with Gasteiger partial charge in [0, 0.05) is 36.7 Å². The minimum Gasteiger partial charge on any atom is -0.361 e. The van der Waals surface area contributed by atoms with E-state index in [4.69, 9.17) is 0 Å². The predicted molar refractivity (Wildman–Crippen MR) is 104 cm³/mol. The summed E-state index contributed by atoms with van der Waals surface area (Å²) in [4.78, 5) is 10.2. The fourth-order valence-electron chi connectivity index (χ4n) is 2.86. The van der Waals surface area contributed by atoms with E-state index < -0.39 is 0 Å². The molecule has 1 aromatic carbocycles. The quantitative estimate of drug-likeness (QED) is 0.483. The lowest BCUT2D eigenvalue weighted by molar-refractivity contribution is 0.313. The lowest BCUT2D eigenvalue weighted by atomic mass is 10.1. The second-order valence-electron chi connectivity index (χ2n) is 5.97. The van der Waals surface area contributed by atoms with Crippen LogP contribution in [0.2, 0.25) is 0 Å². The molecular formula is C19H30FN5. The molecule has 0 saturated heterocycles. The van der Waals surface area contributed by atoms with E-state index in [0.29, 0.717) is 0 Å². The maximum atomic E-state index is 13.4. The summed E-state index contributed by atoms with van der Waals surface area (Å²) in [6.45, 7) is 11.8. The minimum atomic E-state index is -0.201. The number of aromatic amines is 1. The maximum absolute atomic E-state index is 13.4. The van der Waals surface area contributed by atoms with E-state index >= 15 is 0 Å². The van der Waals surface area contributed by atoms with Crippen molar-refractivity contribution in [2.45, 2.75) is 27.2 Å². The number of aliphatic imine (C=N–C) groups is 1. The molecule has 0 aliphatic carbocycles. The Morgan fingerprint density at radius 2 is 2.00 bits per heavy atom. The van der Waals surface area contributed by atoms with E-state index in [0.717, 1.165) is 68.1 Å². The van der Waals surface area contributed by atoms with Gasteiger partial charge in [-0.25, -0.2) is 4.39 Å². The molecule has 1 aromatic heterocycles. The van der Waals surface area contributed by atoms with Crippen LogP contribution in [0.25, 0.3) is 10.9 Å². The van der Waals surface area contributed by atoms with Crippen molar-refractivity contribution in [2.75, 3.05) is 39.3 Å². The van der Waals surface area contributed by atoms with E-state index in [-0.39, 0.29) is 5.82 Å². The molecule has 0 fully saturated rings. The molecule has 5 nitrogen and oxygen atoms in total. The highest BCUT2D eigenvalue weighted by molar-refractivity contribution is 5.83. The number of likely N-dealkylation sites (N-methyl/N-ethyl adjacent to an activating group) is 1. The Labute approximate surface area is 149 Å². The second kappa shape index (κ2) is 10.0. The third-order valence-electron chi connectivity index (χ3n) is 4.34. The molecule has 0 spiro atoms. The molecule has 1 heterocycles. The average Bonchev–Trinajstić information content (AvgIpc) is 3.01. The maximum Gasteiger partial charge on any atom is 0.191 e. The standard InChI is InChI=1S/C19H30FN5/c1-4-21-19(23-11-12-25(5-2)6-3)22-10-9-15-14-24-18-8-7-16(20)13-17(15)18/h7-8,13-14,24H,4-6,9-12H2,1-3H3,(H2,21,22,23). The van der Waals surface area contributed by atoms with Crippen LogP contribution in [-0.4, -0.2) is 55.1 Å². The number of hydrogen-bond acceptors (Lipinski definition) is 2. The van der Waals surface area contributed by atoms with Crippen molar-refractivity contribution in [1.29, 1.82) is 0 Å². The molecule has 0 unspecified atom stereocenters. The van der Waals surface area contributed by atoms with Gasteiger partial charge in [-0.05, 0) is 50.2 Å². The van der Waals surface area contributed by atoms with Crippen LogP contribution in [0.15, 0.2) is 29.4 Å². The van der Waals surface area contributed by atoms with Crippen molar-refractivity contribution in [3.8, 4) is 0 Å². The minimum absolute atomic E-state index is 0.201. The largest absolute Gasteiger partial charge is 0.361 e. The number of benzene rings is 1. The molecule has 25 heavy (non-hydrogen) atoms. The van der Waals surface area contributed by atoms with E-state index in [1.54, 1.807) is 12.1 Å². The summed E-state index contributed by atoms with van der Waals surface area (Å²) in [5.74, 6) is 0.633. The van der Waals surface area contributed by atoms with Crippen LogP contribution in [0.3, 0.4) is 0 Å². The molecule has 2 rings (SSSR count). The number of rotatable bonds is 9. The number of nitrogens with one attached hydrogen (secondary N) is 3. The fraction of sp³-hybridized carbons (Fsp3) is 0.526. The first-order valence-electron chi connectivity index (χ1n) is 9.17. The van der Waals surface area contributed by atoms with E-state index in [9.17, 15) is 4.39 Å². The van der Waals surface area contributed by atoms with Gasteiger partial charge in [0.15, 0.2) is 5.96 Å². The number of nitrogens with zero attached hydrogens (tertiary/aromatic N) is 2. The smallest absolute Gasteiger partial charge is 0.191 e. The molecule has 6 heteroatoms. The summed E-state index contributed by atoms with van der Waals surface area (Å²) in [6, 6.07) is 4.84. The molecule has 0 aliphatic rings. The van der Waals surface area contributed by atoms with Crippen molar-refractivity contribution >= 4 is 16.9 Å². The highest BCUT2D eigenvalue weighted by atomic mass is 19.1. The van der Waals surface area contributed by atoms with Gasteiger partial charge in [-0.3, -0.25) is 4.99 Å². The normalized spacial score (nSPS) is 12.1. The molecule has 0 radical (unpaired) electrons. The number of hydrogen-bond donors (Lipinski definition) is 3. The van der Waals surface area contributed by atoms with Gasteiger partial charge < -0.3 is 20.5 Å². The van der Waals surface area contributed by atoms with Crippen LogP contribution >= 0.6 is 0 Å². The molecule has 2 aromatic rings. The Bertz CT molecular complexity index is 676. The zero-order chi connectivity index (χ0) is 18.1. The summed E-state index contributed by atoms with van der Waals surface area (Å²) < 4.78 is 13.4. The Balaban J connectivity index is 1.88. The number of H-pyrrole nitrogens is 1. The molecule has 138 valence electrons. The van der Waals surface area contributed by atoms with Gasteiger partial charge in [-0.2, -0.15) is 0 Å². The third-order valence-corrected chi connectivity index (χ3v) is 4.34. The predicted octanol–water partition coefficient (Wildman–Crippen LogP) is 2.75.